The van der Waals surface area contributed by atoms with E-state index in [0.29, 0.717) is 30.2 Å². The van der Waals surface area contributed by atoms with Crippen LogP contribution in [0.3, 0.4) is 0 Å². The summed E-state index contributed by atoms with van der Waals surface area (Å²) in [5.74, 6) is 0.0236. The third kappa shape index (κ3) is 6.24. The summed E-state index contributed by atoms with van der Waals surface area (Å²) in [6, 6.07) is 7.76. The van der Waals surface area contributed by atoms with E-state index in [4.69, 9.17) is 30.9 Å². The molecule has 2 heterocycles. The average Bonchev–Trinajstić information content (AvgIpc) is 2.66. The zero-order valence-corrected chi connectivity index (χ0v) is 18.4. The van der Waals surface area contributed by atoms with Gasteiger partial charge in [-0.1, -0.05) is 11.6 Å². The smallest absolute Gasteiger partial charge is 0.410 e. The van der Waals surface area contributed by atoms with Crippen molar-refractivity contribution in [2.45, 2.75) is 45.4 Å². The molecule has 1 aromatic carbocycles. The summed E-state index contributed by atoms with van der Waals surface area (Å²) >= 11 is 6.16. The maximum absolute atomic E-state index is 12.2. The lowest BCUT2D eigenvalue weighted by molar-refractivity contribution is -0.0141. The SMILES string of the molecule is CC(C)(C)OC(=O)N1CCC1COc1cnc(Cl)c(COc2ccc(C(=O)O)cc2)c1. The first-order valence-corrected chi connectivity index (χ1v) is 10.2. The van der Waals surface area contributed by atoms with E-state index in [0.717, 1.165) is 6.42 Å². The summed E-state index contributed by atoms with van der Waals surface area (Å²) in [6.45, 7) is 6.60. The fourth-order valence-corrected chi connectivity index (χ4v) is 3.03. The molecule has 1 aliphatic rings. The van der Waals surface area contributed by atoms with Crippen molar-refractivity contribution < 1.29 is 28.9 Å². The second-order valence-corrected chi connectivity index (χ2v) is 8.52. The van der Waals surface area contributed by atoms with Crippen LogP contribution in [0.25, 0.3) is 0 Å². The molecular formula is C22H25ClN2O6. The number of aromatic nitrogens is 1. The number of benzene rings is 1. The second kappa shape index (κ2) is 9.43. The molecule has 0 bridgehead atoms. The Bertz CT molecular complexity index is 942. The van der Waals surface area contributed by atoms with E-state index < -0.39 is 11.6 Å². The topological polar surface area (TPSA) is 98.2 Å². The number of nitrogens with zero attached hydrogens (tertiary/aromatic N) is 2. The Hall–Kier alpha value is -3.00. The minimum atomic E-state index is -1.000. The summed E-state index contributed by atoms with van der Waals surface area (Å²) in [6.07, 6.45) is 2.01. The molecule has 1 N–H and O–H groups in total. The molecule has 1 aromatic heterocycles. The molecule has 1 aliphatic heterocycles. The Morgan fingerprint density at radius 1 is 1.19 bits per heavy atom. The predicted molar refractivity (Wildman–Crippen MR) is 114 cm³/mol. The molecule has 9 heteroatoms. The van der Waals surface area contributed by atoms with E-state index in [1.807, 2.05) is 20.8 Å². The lowest BCUT2D eigenvalue weighted by atomic mass is 10.1. The first kappa shape index (κ1) is 22.7. The molecule has 0 saturated carbocycles. The fourth-order valence-electron chi connectivity index (χ4n) is 2.87. The number of ether oxygens (including phenoxy) is 3. The third-order valence-corrected chi connectivity index (χ3v) is 4.94. The minimum Gasteiger partial charge on any atom is -0.490 e. The number of carboxylic acid groups (broad SMARTS) is 1. The number of carbonyl (C=O) groups excluding carboxylic acids is 1. The van der Waals surface area contributed by atoms with Gasteiger partial charge >= 0.3 is 12.1 Å². The molecule has 31 heavy (non-hydrogen) atoms. The average molecular weight is 449 g/mol. The van der Waals surface area contributed by atoms with Gasteiger partial charge < -0.3 is 24.2 Å². The first-order valence-electron chi connectivity index (χ1n) is 9.85. The van der Waals surface area contributed by atoms with E-state index in [1.54, 1.807) is 23.1 Å². The van der Waals surface area contributed by atoms with Crippen LogP contribution in [-0.2, 0) is 11.3 Å². The van der Waals surface area contributed by atoms with Gasteiger partial charge in [0.05, 0.1) is 17.8 Å². The van der Waals surface area contributed by atoms with E-state index in [1.165, 1.54) is 18.3 Å². The van der Waals surface area contributed by atoms with Gasteiger partial charge in [-0.05, 0) is 57.5 Å². The van der Waals surface area contributed by atoms with Crippen molar-refractivity contribution in [1.29, 1.82) is 0 Å². The normalized spacial score (nSPS) is 15.7. The number of rotatable bonds is 7. The highest BCUT2D eigenvalue weighted by Gasteiger charge is 2.35. The molecule has 1 unspecified atom stereocenters. The Labute approximate surface area is 185 Å². The molecule has 0 radical (unpaired) electrons. The molecule has 0 spiro atoms. The lowest BCUT2D eigenvalue weighted by Crippen LogP contribution is -2.55. The molecule has 1 fully saturated rings. The van der Waals surface area contributed by atoms with Gasteiger partial charge in [-0.25, -0.2) is 14.6 Å². The third-order valence-electron chi connectivity index (χ3n) is 4.60. The number of hydrogen-bond acceptors (Lipinski definition) is 6. The molecule has 0 aliphatic carbocycles. The highest BCUT2D eigenvalue weighted by molar-refractivity contribution is 6.30. The van der Waals surface area contributed by atoms with Crippen LogP contribution in [0, 0.1) is 0 Å². The van der Waals surface area contributed by atoms with Crippen molar-refractivity contribution in [3.63, 3.8) is 0 Å². The Morgan fingerprint density at radius 3 is 2.48 bits per heavy atom. The summed E-state index contributed by atoms with van der Waals surface area (Å²) in [7, 11) is 0. The van der Waals surface area contributed by atoms with Gasteiger partial charge in [0.25, 0.3) is 0 Å². The summed E-state index contributed by atoms with van der Waals surface area (Å²) in [4.78, 5) is 28.9. The minimum absolute atomic E-state index is 0.0574. The molecular weight excluding hydrogens is 424 g/mol. The van der Waals surface area contributed by atoms with Crippen LogP contribution in [0.4, 0.5) is 4.79 Å². The summed E-state index contributed by atoms with van der Waals surface area (Å²) in [5.41, 5.74) is 0.263. The monoisotopic (exact) mass is 448 g/mol. The van der Waals surface area contributed by atoms with Gasteiger partial charge in [0.1, 0.15) is 35.5 Å². The van der Waals surface area contributed by atoms with Crippen LogP contribution < -0.4 is 9.47 Å². The number of hydrogen-bond donors (Lipinski definition) is 1. The highest BCUT2D eigenvalue weighted by Crippen LogP contribution is 2.25. The number of halogens is 1. The molecule has 1 saturated heterocycles. The van der Waals surface area contributed by atoms with Crippen molar-refractivity contribution in [2.75, 3.05) is 13.2 Å². The van der Waals surface area contributed by atoms with Crippen molar-refractivity contribution in [2.24, 2.45) is 0 Å². The number of amides is 1. The summed E-state index contributed by atoms with van der Waals surface area (Å²) < 4.78 is 16.9. The number of pyridine rings is 1. The number of carboxylic acids is 1. The first-order chi connectivity index (χ1) is 14.6. The van der Waals surface area contributed by atoms with Gasteiger partial charge in [-0.2, -0.15) is 0 Å². The molecule has 166 valence electrons. The maximum Gasteiger partial charge on any atom is 0.410 e. The van der Waals surface area contributed by atoms with Crippen LogP contribution in [0.2, 0.25) is 5.15 Å². The second-order valence-electron chi connectivity index (χ2n) is 8.17. The fraction of sp³-hybridized carbons (Fsp3) is 0.409. The van der Waals surface area contributed by atoms with E-state index >= 15 is 0 Å². The van der Waals surface area contributed by atoms with Crippen molar-refractivity contribution in [1.82, 2.24) is 9.88 Å². The molecule has 3 rings (SSSR count). The Balaban J connectivity index is 1.55. The molecule has 8 nitrogen and oxygen atoms in total. The van der Waals surface area contributed by atoms with Gasteiger partial charge in [0, 0.05) is 12.1 Å². The summed E-state index contributed by atoms with van der Waals surface area (Å²) in [5, 5.41) is 9.24. The molecule has 1 atom stereocenters. The lowest BCUT2D eigenvalue weighted by Gasteiger charge is -2.40. The zero-order chi connectivity index (χ0) is 22.6. The predicted octanol–water partition coefficient (Wildman–Crippen LogP) is 4.40. The Morgan fingerprint density at radius 2 is 1.90 bits per heavy atom. The standard InChI is InChI=1S/C22H25ClN2O6/c1-22(2,3)31-21(28)25-9-8-16(25)13-30-18-10-15(19(23)24-11-18)12-29-17-6-4-14(5-7-17)20(26)27/h4-7,10-11,16H,8-9,12-13H2,1-3H3,(H,26,27). The van der Waals surface area contributed by atoms with E-state index in [2.05, 4.69) is 4.98 Å². The van der Waals surface area contributed by atoms with Gasteiger partial charge in [0.15, 0.2) is 0 Å². The maximum atomic E-state index is 12.2. The van der Waals surface area contributed by atoms with Gasteiger partial charge in [-0.15, -0.1) is 0 Å². The van der Waals surface area contributed by atoms with Gasteiger partial charge in [0.2, 0.25) is 0 Å². The van der Waals surface area contributed by atoms with Crippen molar-refractivity contribution in [3.05, 3.63) is 52.8 Å². The Kier molecular flexibility index (Phi) is 6.90. The largest absolute Gasteiger partial charge is 0.490 e. The van der Waals surface area contributed by atoms with Crippen LogP contribution >= 0.6 is 11.6 Å². The van der Waals surface area contributed by atoms with Gasteiger partial charge in [-0.3, -0.25) is 0 Å². The van der Waals surface area contributed by atoms with E-state index in [9.17, 15) is 9.59 Å². The zero-order valence-electron chi connectivity index (χ0n) is 17.6. The van der Waals surface area contributed by atoms with Crippen LogP contribution in [-0.4, -0.2) is 51.8 Å². The number of carbonyl (C=O) groups is 2. The van der Waals surface area contributed by atoms with Crippen molar-refractivity contribution >= 4 is 23.7 Å². The van der Waals surface area contributed by atoms with Crippen molar-refractivity contribution in [3.8, 4) is 11.5 Å². The highest BCUT2D eigenvalue weighted by atomic mass is 35.5. The number of aromatic carboxylic acids is 1. The number of likely N-dealkylation sites (tertiary alicyclic amines) is 1. The molecule has 2 aromatic rings. The van der Waals surface area contributed by atoms with E-state index in [-0.39, 0.29) is 29.5 Å². The van der Waals surface area contributed by atoms with Crippen LogP contribution in [0.15, 0.2) is 36.5 Å². The van der Waals surface area contributed by atoms with Crippen LogP contribution in [0.5, 0.6) is 11.5 Å². The molecule has 1 amide bonds. The quantitative estimate of drug-likeness (QED) is 0.626. The van der Waals surface area contributed by atoms with Crippen LogP contribution in [0.1, 0.15) is 43.1 Å².